The van der Waals surface area contributed by atoms with Crippen LogP contribution in [0.5, 0.6) is 0 Å². The highest BCUT2D eigenvalue weighted by Gasteiger charge is 2.22. The van der Waals surface area contributed by atoms with Crippen LogP contribution in [0.2, 0.25) is 0 Å². The minimum absolute atomic E-state index is 0.148. The van der Waals surface area contributed by atoms with Crippen LogP contribution in [0.4, 0.5) is 14.5 Å². The molecular weight excluding hydrogens is 448 g/mol. The van der Waals surface area contributed by atoms with Gasteiger partial charge in [0.2, 0.25) is 0 Å². The number of benzene rings is 2. The van der Waals surface area contributed by atoms with Crippen molar-refractivity contribution in [3.05, 3.63) is 84.4 Å². The first-order chi connectivity index (χ1) is 15.9. The molecule has 7 nitrogen and oxygen atoms in total. The minimum Gasteiger partial charge on any atom is -0.316 e. The van der Waals surface area contributed by atoms with Crippen LogP contribution < -0.4 is 10.0 Å². The molecule has 1 radical (unpaired) electrons. The molecule has 2 aromatic carbocycles. The molecule has 0 spiro atoms. The van der Waals surface area contributed by atoms with Crippen molar-refractivity contribution >= 4 is 26.6 Å². The van der Waals surface area contributed by atoms with Crippen molar-refractivity contribution in [3.63, 3.8) is 0 Å². The van der Waals surface area contributed by atoms with Crippen LogP contribution in [0, 0.1) is 17.6 Å². The van der Waals surface area contributed by atoms with Gasteiger partial charge in [0.25, 0.3) is 10.0 Å². The fourth-order valence-electron chi connectivity index (χ4n) is 3.84. The molecule has 4 aromatic rings. The number of pyridine rings is 1. The zero-order valence-corrected chi connectivity index (χ0v) is 18.0. The van der Waals surface area contributed by atoms with Crippen LogP contribution in [-0.2, 0) is 10.0 Å². The van der Waals surface area contributed by atoms with Gasteiger partial charge in [-0.2, -0.15) is 0 Å². The van der Waals surface area contributed by atoms with E-state index in [4.69, 9.17) is 0 Å². The number of aromatic nitrogens is 3. The predicted octanol–water partition coefficient (Wildman–Crippen LogP) is 3.69. The lowest BCUT2D eigenvalue weighted by atomic mass is 9.97. The number of hydrogen-bond donors (Lipinski definition) is 2. The van der Waals surface area contributed by atoms with Crippen LogP contribution in [0.3, 0.4) is 0 Å². The van der Waals surface area contributed by atoms with Gasteiger partial charge in [-0.05, 0) is 48.9 Å². The third kappa shape index (κ3) is 4.27. The molecule has 0 atom stereocenters. The number of nitrogens with zero attached hydrogens (tertiary/aromatic N) is 3. The van der Waals surface area contributed by atoms with Crippen molar-refractivity contribution in [3.8, 4) is 11.1 Å². The molecule has 1 fully saturated rings. The number of nitrogens with one attached hydrogen (secondary N) is 2. The molecule has 1 aliphatic heterocycles. The van der Waals surface area contributed by atoms with E-state index in [1.807, 2.05) is 18.2 Å². The van der Waals surface area contributed by atoms with Gasteiger partial charge in [-0.15, -0.1) is 0 Å². The summed E-state index contributed by atoms with van der Waals surface area (Å²) >= 11 is 0. The molecule has 3 heterocycles. The number of rotatable bonds is 5. The summed E-state index contributed by atoms with van der Waals surface area (Å²) in [5.74, 6) is -0.825. The summed E-state index contributed by atoms with van der Waals surface area (Å²) in [6.45, 7) is 1.68. The molecule has 0 aliphatic carbocycles. The van der Waals surface area contributed by atoms with Crippen LogP contribution >= 0.6 is 0 Å². The summed E-state index contributed by atoms with van der Waals surface area (Å²) in [6, 6.07) is 9.58. The van der Waals surface area contributed by atoms with Gasteiger partial charge in [0.15, 0.2) is 0 Å². The Labute approximate surface area is 189 Å². The second-order valence-electron chi connectivity index (χ2n) is 7.63. The van der Waals surface area contributed by atoms with Crippen molar-refractivity contribution in [1.29, 1.82) is 0 Å². The Morgan fingerprint density at radius 2 is 1.85 bits per heavy atom. The van der Waals surface area contributed by atoms with E-state index in [0.717, 1.165) is 53.8 Å². The Bertz CT molecular complexity index is 1460. The molecule has 0 saturated carbocycles. The van der Waals surface area contributed by atoms with Gasteiger partial charge in [-0.3, -0.25) is 9.71 Å². The fourth-order valence-corrected chi connectivity index (χ4v) is 4.94. The maximum atomic E-state index is 14.0. The lowest BCUT2D eigenvalue weighted by Crippen LogP contribution is -2.15. The molecule has 10 heteroatoms. The van der Waals surface area contributed by atoms with Crippen LogP contribution in [-0.4, -0.2) is 36.5 Å². The largest absolute Gasteiger partial charge is 0.316 e. The number of halogens is 2. The van der Waals surface area contributed by atoms with E-state index >= 15 is 0 Å². The highest BCUT2D eigenvalue weighted by molar-refractivity contribution is 7.92. The molecule has 167 valence electrons. The van der Waals surface area contributed by atoms with Crippen molar-refractivity contribution in [1.82, 2.24) is 20.3 Å². The van der Waals surface area contributed by atoms with Crippen molar-refractivity contribution < 1.29 is 17.2 Å². The molecule has 1 saturated heterocycles. The van der Waals surface area contributed by atoms with Gasteiger partial charge in [-0.25, -0.2) is 27.2 Å². The van der Waals surface area contributed by atoms with E-state index in [1.54, 1.807) is 18.6 Å². The number of anilines is 1. The fraction of sp³-hybridized carbons (Fsp3) is 0.130. The molecule has 33 heavy (non-hydrogen) atoms. The van der Waals surface area contributed by atoms with Gasteiger partial charge in [0, 0.05) is 35.7 Å². The number of hydrogen-bond acceptors (Lipinski definition) is 6. The van der Waals surface area contributed by atoms with Crippen LogP contribution in [0.15, 0.2) is 66.1 Å². The lowest BCUT2D eigenvalue weighted by molar-refractivity contribution is 0.551. The first-order valence-electron chi connectivity index (χ1n) is 10.1. The normalized spacial score (nSPS) is 14.6. The molecule has 1 aliphatic rings. The quantitative estimate of drug-likeness (QED) is 0.466. The lowest BCUT2D eigenvalue weighted by Gasteiger charge is -2.12. The molecule has 5 rings (SSSR count). The molecular formula is C23H18F2N5O2S. The molecule has 0 unspecified atom stereocenters. The average molecular weight is 466 g/mol. The predicted molar refractivity (Wildman–Crippen MR) is 120 cm³/mol. The number of sulfonamides is 1. The maximum absolute atomic E-state index is 14.0. The highest BCUT2D eigenvalue weighted by atomic mass is 32.2. The SMILES string of the molecule is O=S(=O)(Nc1cncc(-c2ccc3ncnc([C]4CCNC4)c3c2)c1)c1ccc(F)cc1F. The smallest absolute Gasteiger partial charge is 0.264 e. The minimum atomic E-state index is -4.27. The third-order valence-electron chi connectivity index (χ3n) is 5.42. The summed E-state index contributed by atoms with van der Waals surface area (Å²) in [5, 5.41) is 4.21. The topological polar surface area (TPSA) is 96.9 Å². The van der Waals surface area contributed by atoms with E-state index in [0.29, 0.717) is 11.6 Å². The van der Waals surface area contributed by atoms with Gasteiger partial charge in [-0.1, -0.05) is 6.07 Å². The van der Waals surface area contributed by atoms with E-state index < -0.39 is 26.6 Å². The zero-order chi connectivity index (χ0) is 23.0. The summed E-state index contributed by atoms with van der Waals surface area (Å²) in [4.78, 5) is 12.3. The Morgan fingerprint density at radius 1 is 0.970 bits per heavy atom. The standard InChI is InChI=1S/C23H18F2N5O2S/c24-17-2-4-22(20(25)9-17)33(31,32)30-18-7-16(11-27-12-18)14-1-3-21-19(8-14)23(29-13-28-21)15-5-6-26-10-15/h1-4,7-9,11-13,26,30H,5-6,10H2. The Morgan fingerprint density at radius 3 is 2.64 bits per heavy atom. The van der Waals surface area contributed by atoms with Gasteiger partial charge < -0.3 is 5.32 Å². The highest BCUT2D eigenvalue weighted by Crippen LogP contribution is 2.31. The Kier molecular flexibility index (Phi) is 5.47. The zero-order valence-electron chi connectivity index (χ0n) is 17.2. The van der Waals surface area contributed by atoms with Crippen molar-refractivity contribution in [2.45, 2.75) is 11.3 Å². The average Bonchev–Trinajstić information content (AvgIpc) is 3.33. The van der Waals surface area contributed by atoms with E-state index in [9.17, 15) is 17.2 Å². The second-order valence-corrected chi connectivity index (χ2v) is 9.28. The van der Waals surface area contributed by atoms with Gasteiger partial charge in [0.05, 0.1) is 23.1 Å². The Hall–Kier alpha value is -3.50. The molecule has 2 N–H and O–H groups in total. The second kappa shape index (κ2) is 8.45. The first kappa shape index (κ1) is 21.4. The number of fused-ring (bicyclic) bond motifs is 1. The van der Waals surface area contributed by atoms with Gasteiger partial charge in [0.1, 0.15) is 22.9 Å². The van der Waals surface area contributed by atoms with E-state index in [2.05, 4.69) is 25.0 Å². The summed E-state index contributed by atoms with van der Waals surface area (Å²) < 4.78 is 54.7. The molecule has 0 amide bonds. The maximum Gasteiger partial charge on any atom is 0.264 e. The third-order valence-corrected chi connectivity index (χ3v) is 6.83. The molecule has 2 aromatic heterocycles. The van der Waals surface area contributed by atoms with E-state index in [-0.39, 0.29) is 5.69 Å². The van der Waals surface area contributed by atoms with E-state index in [1.165, 1.54) is 12.1 Å². The van der Waals surface area contributed by atoms with Crippen molar-refractivity contribution in [2.24, 2.45) is 0 Å². The summed E-state index contributed by atoms with van der Waals surface area (Å²) in [6.07, 6.45) is 5.38. The first-order valence-corrected chi connectivity index (χ1v) is 11.6. The van der Waals surface area contributed by atoms with Crippen LogP contribution in [0.25, 0.3) is 22.0 Å². The Balaban J connectivity index is 1.49. The van der Waals surface area contributed by atoms with Gasteiger partial charge >= 0.3 is 0 Å². The summed E-state index contributed by atoms with van der Waals surface area (Å²) in [5.41, 5.74) is 3.30. The summed E-state index contributed by atoms with van der Waals surface area (Å²) in [7, 11) is -4.27. The monoisotopic (exact) mass is 466 g/mol. The van der Waals surface area contributed by atoms with Crippen molar-refractivity contribution in [2.75, 3.05) is 17.8 Å². The molecule has 0 bridgehead atoms. The van der Waals surface area contributed by atoms with Crippen LogP contribution in [0.1, 0.15) is 12.1 Å².